The van der Waals surface area contributed by atoms with Gasteiger partial charge in [0.25, 0.3) is 5.91 Å². The van der Waals surface area contributed by atoms with Crippen molar-refractivity contribution in [3.05, 3.63) is 23.0 Å². The highest BCUT2D eigenvalue weighted by molar-refractivity contribution is 6.31. The molecular formula is C11H17ClN2O2. The van der Waals surface area contributed by atoms with Crippen molar-refractivity contribution in [1.29, 1.82) is 0 Å². The van der Waals surface area contributed by atoms with E-state index in [1.54, 1.807) is 23.9 Å². The Morgan fingerprint density at radius 1 is 1.69 bits per heavy atom. The standard InChI is InChI=1S/C11H17ClN2O2/c1-3-9(15)4-5-13-11(16)10-6-8(12)7-14(10)2/h6-7,9,15H,3-5H2,1-2H3,(H,13,16). The van der Waals surface area contributed by atoms with Crippen LogP contribution in [0, 0.1) is 0 Å². The van der Waals surface area contributed by atoms with Crippen LogP contribution in [0.3, 0.4) is 0 Å². The number of aryl methyl sites for hydroxylation is 1. The molecule has 0 aliphatic rings. The number of hydrogen-bond donors (Lipinski definition) is 2. The van der Waals surface area contributed by atoms with Crippen LogP contribution in [0.5, 0.6) is 0 Å². The van der Waals surface area contributed by atoms with E-state index in [4.69, 9.17) is 11.6 Å². The van der Waals surface area contributed by atoms with Crippen molar-refractivity contribution < 1.29 is 9.90 Å². The molecule has 2 N–H and O–H groups in total. The van der Waals surface area contributed by atoms with E-state index in [0.29, 0.717) is 30.1 Å². The Labute approximate surface area is 100 Å². The molecule has 5 heteroatoms. The van der Waals surface area contributed by atoms with E-state index in [2.05, 4.69) is 5.32 Å². The highest BCUT2D eigenvalue weighted by atomic mass is 35.5. The average molecular weight is 245 g/mol. The minimum atomic E-state index is -0.350. The van der Waals surface area contributed by atoms with Gasteiger partial charge in [0.1, 0.15) is 5.69 Å². The van der Waals surface area contributed by atoms with Gasteiger partial charge in [0, 0.05) is 19.8 Å². The Hall–Kier alpha value is -1.00. The molecule has 90 valence electrons. The van der Waals surface area contributed by atoms with Crippen LogP contribution < -0.4 is 5.32 Å². The number of carbonyl (C=O) groups excluding carboxylic acids is 1. The van der Waals surface area contributed by atoms with E-state index >= 15 is 0 Å². The molecule has 0 fully saturated rings. The van der Waals surface area contributed by atoms with Crippen LogP contribution in [0.1, 0.15) is 30.3 Å². The summed E-state index contributed by atoms with van der Waals surface area (Å²) in [5.74, 6) is -0.169. The molecule has 1 heterocycles. The summed E-state index contributed by atoms with van der Waals surface area (Å²) >= 11 is 5.78. The molecule has 0 bridgehead atoms. The molecule has 0 saturated heterocycles. The first-order valence-corrected chi connectivity index (χ1v) is 5.70. The molecule has 16 heavy (non-hydrogen) atoms. The molecule has 0 aromatic carbocycles. The number of hydrogen-bond acceptors (Lipinski definition) is 2. The first-order chi connectivity index (χ1) is 7.54. The lowest BCUT2D eigenvalue weighted by Crippen LogP contribution is -2.28. The normalized spacial score (nSPS) is 12.5. The molecule has 0 aliphatic heterocycles. The predicted molar refractivity (Wildman–Crippen MR) is 63.7 cm³/mol. The third kappa shape index (κ3) is 3.54. The van der Waals surface area contributed by atoms with Gasteiger partial charge in [-0.3, -0.25) is 4.79 Å². The molecule has 0 aliphatic carbocycles. The zero-order valence-corrected chi connectivity index (χ0v) is 10.3. The monoisotopic (exact) mass is 244 g/mol. The van der Waals surface area contributed by atoms with E-state index < -0.39 is 0 Å². The van der Waals surface area contributed by atoms with Crippen LogP contribution >= 0.6 is 11.6 Å². The summed E-state index contributed by atoms with van der Waals surface area (Å²) in [5.41, 5.74) is 0.524. The van der Waals surface area contributed by atoms with Crippen molar-refractivity contribution in [2.24, 2.45) is 7.05 Å². The summed E-state index contributed by atoms with van der Waals surface area (Å²) in [6, 6.07) is 1.62. The molecule has 1 amide bonds. The van der Waals surface area contributed by atoms with Crippen molar-refractivity contribution in [3.8, 4) is 0 Å². The number of halogens is 1. The van der Waals surface area contributed by atoms with Gasteiger partial charge in [0.05, 0.1) is 11.1 Å². The van der Waals surface area contributed by atoms with Gasteiger partial charge in [0.2, 0.25) is 0 Å². The third-order valence-corrected chi connectivity index (χ3v) is 2.65. The number of amides is 1. The fourth-order valence-electron chi connectivity index (χ4n) is 1.40. The number of nitrogens with one attached hydrogen (secondary N) is 1. The van der Waals surface area contributed by atoms with Gasteiger partial charge in [-0.05, 0) is 18.9 Å². The number of carbonyl (C=O) groups is 1. The van der Waals surface area contributed by atoms with Crippen molar-refractivity contribution in [3.63, 3.8) is 0 Å². The Morgan fingerprint density at radius 3 is 2.88 bits per heavy atom. The molecule has 0 spiro atoms. The second-order valence-corrected chi connectivity index (χ2v) is 4.20. The summed E-state index contributed by atoms with van der Waals surface area (Å²) in [5, 5.41) is 12.6. The molecule has 1 atom stereocenters. The van der Waals surface area contributed by atoms with Crippen molar-refractivity contribution >= 4 is 17.5 Å². The zero-order chi connectivity index (χ0) is 12.1. The fourth-order valence-corrected chi connectivity index (χ4v) is 1.65. The lowest BCUT2D eigenvalue weighted by atomic mass is 10.2. The lowest BCUT2D eigenvalue weighted by molar-refractivity contribution is 0.0934. The van der Waals surface area contributed by atoms with Gasteiger partial charge >= 0.3 is 0 Å². The van der Waals surface area contributed by atoms with Crippen molar-refractivity contribution in [2.75, 3.05) is 6.54 Å². The molecule has 1 rings (SSSR count). The molecule has 1 aromatic heterocycles. The minimum Gasteiger partial charge on any atom is -0.393 e. The van der Waals surface area contributed by atoms with Gasteiger partial charge in [-0.15, -0.1) is 0 Å². The molecule has 0 saturated carbocycles. The van der Waals surface area contributed by atoms with E-state index in [1.807, 2.05) is 6.92 Å². The summed E-state index contributed by atoms with van der Waals surface area (Å²) in [6.45, 7) is 2.38. The number of aliphatic hydroxyl groups excluding tert-OH is 1. The largest absolute Gasteiger partial charge is 0.393 e. The maximum Gasteiger partial charge on any atom is 0.267 e. The maximum absolute atomic E-state index is 11.7. The van der Waals surface area contributed by atoms with E-state index in [-0.39, 0.29) is 12.0 Å². The Kier molecular flexibility index (Phi) is 4.83. The Bertz CT molecular complexity index is 363. The van der Waals surface area contributed by atoms with Gasteiger partial charge in [-0.2, -0.15) is 0 Å². The molecule has 1 unspecified atom stereocenters. The van der Waals surface area contributed by atoms with Gasteiger partial charge in [-0.1, -0.05) is 18.5 Å². The van der Waals surface area contributed by atoms with Crippen LogP contribution in [-0.2, 0) is 7.05 Å². The van der Waals surface area contributed by atoms with Crippen LogP contribution in [0.2, 0.25) is 5.02 Å². The van der Waals surface area contributed by atoms with Crippen LogP contribution in [-0.4, -0.2) is 28.2 Å². The third-order valence-electron chi connectivity index (χ3n) is 2.44. The van der Waals surface area contributed by atoms with E-state index in [0.717, 1.165) is 0 Å². The van der Waals surface area contributed by atoms with Crippen molar-refractivity contribution in [2.45, 2.75) is 25.9 Å². The number of nitrogens with zero attached hydrogens (tertiary/aromatic N) is 1. The SMILES string of the molecule is CCC(O)CCNC(=O)c1cc(Cl)cn1C. The molecule has 1 aromatic rings. The first-order valence-electron chi connectivity index (χ1n) is 5.32. The van der Waals surface area contributed by atoms with Gasteiger partial charge < -0.3 is 15.0 Å². The number of aromatic nitrogens is 1. The fraction of sp³-hybridized carbons (Fsp3) is 0.545. The molecular weight excluding hydrogens is 228 g/mol. The Balaban J connectivity index is 2.44. The van der Waals surface area contributed by atoms with E-state index in [1.165, 1.54) is 0 Å². The van der Waals surface area contributed by atoms with Crippen LogP contribution in [0.4, 0.5) is 0 Å². The average Bonchev–Trinajstić information content (AvgIpc) is 2.57. The molecule has 4 nitrogen and oxygen atoms in total. The van der Waals surface area contributed by atoms with Crippen LogP contribution in [0.25, 0.3) is 0 Å². The maximum atomic E-state index is 11.7. The number of rotatable bonds is 5. The second-order valence-electron chi connectivity index (χ2n) is 3.76. The van der Waals surface area contributed by atoms with E-state index in [9.17, 15) is 9.90 Å². The van der Waals surface area contributed by atoms with Gasteiger partial charge in [0.15, 0.2) is 0 Å². The quantitative estimate of drug-likeness (QED) is 0.826. The summed E-state index contributed by atoms with van der Waals surface area (Å²) in [4.78, 5) is 11.7. The highest BCUT2D eigenvalue weighted by Gasteiger charge is 2.10. The van der Waals surface area contributed by atoms with Crippen LogP contribution in [0.15, 0.2) is 12.3 Å². The smallest absolute Gasteiger partial charge is 0.267 e. The molecule has 0 radical (unpaired) electrons. The van der Waals surface area contributed by atoms with Gasteiger partial charge in [-0.25, -0.2) is 0 Å². The van der Waals surface area contributed by atoms with Crippen molar-refractivity contribution in [1.82, 2.24) is 9.88 Å². The predicted octanol–water partition coefficient (Wildman–Crippen LogP) is 1.57. The second kappa shape index (κ2) is 5.92. The zero-order valence-electron chi connectivity index (χ0n) is 9.53. The Morgan fingerprint density at radius 2 is 2.38 bits per heavy atom. The summed E-state index contributed by atoms with van der Waals surface area (Å²) in [7, 11) is 1.77. The summed E-state index contributed by atoms with van der Waals surface area (Å²) in [6.07, 6.45) is 2.60. The first kappa shape index (κ1) is 13.1. The minimum absolute atomic E-state index is 0.169. The lowest BCUT2D eigenvalue weighted by Gasteiger charge is -2.09. The topological polar surface area (TPSA) is 54.3 Å². The highest BCUT2D eigenvalue weighted by Crippen LogP contribution is 2.12. The number of aliphatic hydroxyl groups is 1. The summed E-state index contributed by atoms with van der Waals surface area (Å²) < 4.78 is 1.67.